The largest absolute Gasteiger partial charge is 0.391 e. The van der Waals surface area contributed by atoms with Gasteiger partial charge in [0.2, 0.25) is 10.0 Å². The Morgan fingerprint density at radius 3 is 2.60 bits per heavy atom. The molecule has 0 saturated heterocycles. The molecule has 1 rings (SSSR count). The monoisotopic (exact) mass is 319 g/mol. The normalized spacial score (nSPS) is 12.8. The van der Waals surface area contributed by atoms with Crippen molar-refractivity contribution >= 4 is 21.4 Å². The zero-order valence-electron chi connectivity index (χ0n) is 12.5. The number of sulfonamides is 1. The van der Waals surface area contributed by atoms with Gasteiger partial charge in [-0.3, -0.25) is 0 Å². The number of thiophene rings is 1. The molecular formula is C14H25NO3S2. The molecule has 0 amide bonds. The lowest BCUT2D eigenvalue weighted by Gasteiger charge is -2.24. The Hall–Kier alpha value is -0.430. The Labute approximate surface area is 126 Å². The van der Waals surface area contributed by atoms with Crippen LogP contribution < -0.4 is 4.72 Å². The molecule has 0 aliphatic rings. The lowest BCUT2D eigenvalue weighted by Crippen LogP contribution is -2.33. The number of aliphatic hydroxyl groups excluding tert-OH is 1. The first-order valence-corrected chi connectivity index (χ1v) is 9.35. The summed E-state index contributed by atoms with van der Waals surface area (Å²) in [6.07, 6.45) is 4.48. The van der Waals surface area contributed by atoms with Gasteiger partial charge in [0.05, 0.1) is 11.5 Å². The van der Waals surface area contributed by atoms with E-state index in [1.54, 1.807) is 5.38 Å². The lowest BCUT2D eigenvalue weighted by molar-refractivity contribution is 0.285. The van der Waals surface area contributed by atoms with E-state index in [1.807, 2.05) is 0 Å². The van der Waals surface area contributed by atoms with Gasteiger partial charge >= 0.3 is 0 Å². The molecule has 0 unspecified atom stereocenters. The summed E-state index contributed by atoms with van der Waals surface area (Å²) >= 11 is 1.26. The fraction of sp³-hybridized carbons (Fsp3) is 0.714. The quantitative estimate of drug-likeness (QED) is 0.687. The second-order valence-electron chi connectivity index (χ2n) is 5.85. The Morgan fingerprint density at radius 2 is 2.05 bits per heavy atom. The zero-order chi connectivity index (χ0) is 15.2. The lowest BCUT2D eigenvalue weighted by atomic mass is 9.87. The topological polar surface area (TPSA) is 66.4 Å². The maximum atomic E-state index is 12.2. The van der Waals surface area contributed by atoms with Crippen LogP contribution in [-0.2, 0) is 16.6 Å². The van der Waals surface area contributed by atoms with Gasteiger partial charge < -0.3 is 5.11 Å². The van der Waals surface area contributed by atoms with E-state index in [1.165, 1.54) is 30.2 Å². The van der Waals surface area contributed by atoms with Crippen LogP contribution in [0.3, 0.4) is 0 Å². The molecule has 0 aromatic carbocycles. The fourth-order valence-corrected chi connectivity index (χ4v) is 4.28. The molecule has 20 heavy (non-hydrogen) atoms. The summed E-state index contributed by atoms with van der Waals surface area (Å²) in [5.74, 6) is 0. The van der Waals surface area contributed by atoms with Gasteiger partial charge in [-0.15, -0.1) is 11.3 Å². The molecule has 0 aliphatic heterocycles. The Morgan fingerprint density at radius 1 is 1.35 bits per heavy atom. The molecule has 0 saturated carbocycles. The van der Waals surface area contributed by atoms with Crippen molar-refractivity contribution in [1.82, 2.24) is 4.72 Å². The van der Waals surface area contributed by atoms with E-state index in [2.05, 4.69) is 25.5 Å². The smallest absolute Gasteiger partial charge is 0.241 e. The highest BCUT2D eigenvalue weighted by molar-refractivity contribution is 7.89. The van der Waals surface area contributed by atoms with E-state index in [9.17, 15) is 8.42 Å². The number of unbranched alkanes of at least 4 members (excludes halogenated alkanes) is 2. The third-order valence-corrected chi connectivity index (χ3v) is 5.75. The molecule has 1 heterocycles. The van der Waals surface area contributed by atoms with Gasteiger partial charge in [-0.2, -0.15) is 0 Å². The van der Waals surface area contributed by atoms with Crippen LogP contribution in [0.15, 0.2) is 16.3 Å². The molecule has 116 valence electrons. The maximum Gasteiger partial charge on any atom is 0.241 e. The number of hydrogen-bond donors (Lipinski definition) is 2. The average Bonchev–Trinajstić information content (AvgIpc) is 2.86. The minimum atomic E-state index is -3.46. The summed E-state index contributed by atoms with van der Waals surface area (Å²) in [5, 5.41) is 10.6. The molecule has 6 heteroatoms. The van der Waals surface area contributed by atoms with Gasteiger partial charge in [0.1, 0.15) is 0 Å². The number of rotatable bonds is 9. The fourth-order valence-electron chi connectivity index (χ4n) is 1.90. The van der Waals surface area contributed by atoms with Gasteiger partial charge in [-0.05, 0) is 17.9 Å². The predicted octanol–water partition coefficient (Wildman–Crippen LogP) is 3.13. The third-order valence-electron chi connectivity index (χ3n) is 3.29. The van der Waals surface area contributed by atoms with Gasteiger partial charge in [0, 0.05) is 16.8 Å². The minimum Gasteiger partial charge on any atom is -0.391 e. The van der Waals surface area contributed by atoms with Gasteiger partial charge in [0.15, 0.2) is 0 Å². The molecule has 0 aliphatic carbocycles. The molecule has 0 spiro atoms. The van der Waals surface area contributed by atoms with Crippen LogP contribution in [-0.4, -0.2) is 20.1 Å². The van der Waals surface area contributed by atoms with Crippen LogP contribution in [0, 0.1) is 5.41 Å². The van der Waals surface area contributed by atoms with Crippen molar-refractivity contribution < 1.29 is 13.5 Å². The molecule has 0 radical (unpaired) electrons. The number of aliphatic hydroxyl groups is 1. The van der Waals surface area contributed by atoms with E-state index >= 15 is 0 Å². The number of hydrogen-bond acceptors (Lipinski definition) is 4. The SMILES string of the molecule is CCCCCC(C)(C)CNS(=O)(=O)c1csc(CO)c1. The first-order valence-electron chi connectivity index (χ1n) is 6.98. The Bertz CT molecular complexity index is 506. The highest BCUT2D eigenvalue weighted by Gasteiger charge is 2.22. The Balaban J connectivity index is 2.58. The first kappa shape index (κ1) is 17.6. The molecule has 1 aromatic heterocycles. The van der Waals surface area contributed by atoms with Crippen molar-refractivity contribution in [2.75, 3.05) is 6.54 Å². The average molecular weight is 319 g/mol. The third kappa shape index (κ3) is 5.52. The summed E-state index contributed by atoms with van der Waals surface area (Å²) < 4.78 is 27.0. The van der Waals surface area contributed by atoms with Gasteiger partial charge in [0.25, 0.3) is 0 Å². The molecule has 2 N–H and O–H groups in total. The molecule has 0 fully saturated rings. The summed E-state index contributed by atoms with van der Waals surface area (Å²) in [7, 11) is -3.46. The highest BCUT2D eigenvalue weighted by atomic mass is 32.2. The molecule has 1 aromatic rings. The van der Waals surface area contributed by atoms with Crippen molar-refractivity contribution in [2.24, 2.45) is 5.41 Å². The van der Waals surface area contributed by atoms with Crippen molar-refractivity contribution in [3.8, 4) is 0 Å². The van der Waals surface area contributed by atoms with Crippen LogP contribution in [0.25, 0.3) is 0 Å². The molecule has 4 nitrogen and oxygen atoms in total. The standard InChI is InChI=1S/C14H25NO3S2/c1-4-5-6-7-14(2,3)11-15-20(17,18)13-8-12(9-16)19-10-13/h8,10,15-16H,4-7,9,11H2,1-3H3. The van der Waals surface area contributed by atoms with Gasteiger partial charge in [-0.1, -0.05) is 40.0 Å². The summed E-state index contributed by atoms with van der Waals surface area (Å²) in [4.78, 5) is 0.906. The van der Waals surface area contributed by atoms with Crippen LogP contribution in [0.4, 0.5) is 0 Å². The highest BCUT2D eigenvalue weighted by Crippen LogP contribution is 2.24. The Kier molecular flexibility index (Phi) is 6.64. The predicted molar refractivity (Wildman–Crippen MR) is 83.4 cm³/mol. The van der Waals surface area contributed by atoms with E-state index in [4.69, 9.17) is 5.11 Å². The van der Waals surface area contributed by atoms with Crippen molar-refractivity contribution in [2.45, 2.75) is 58.0 Å². The summed E-state index contributed by atoms with van der Waals surface area (Å²) in [6.45, 7) is 6.63. The van der Waals surface area contributed by atoms with Crippen LogP contribution in [0.2, 0.25) is 0 Å². The van der Waals surface area contributed by atoms with E-state index in [0.29, 0.717) is 11.4 Å². The minimum absolute atomic E-state index is 0.0436. The summed E-state index contributed by atoms with van der Waals surface area (Å²) in [6, 6.07) is 1.52. The second kappa shape index (κ2) is 7.54. The van der Waals surface area contributed by atoms with Gasteiger partial charge in [-0.25, -0.2) is 13.1 Å². The first-order chi connectivity index (χ1) is 9.30. The van der Waals surface area contributed by atoms with Crippen LogP contribution in [0.5, 0.6) is 0 Å². The van der Waals surface area contributed by atoms with E-state index in [0.717, 1.165) is 12.8 Å². The van der Waals surface area contributed by atoms with Crippen molar-refractivity contribution in [3.63, 3.8) is 0 Å². The molecular weight excluding hydrogens is 294 g/mol. The van der Waals surface area contributed by atoms with Crippen molar-refractivity contribution in [1.29, 1.82) is 0 Å². The summed E-state index contributed by atoms with van der Waals surface area (Å²) in [5.41, 5.74) is -0.0436. The second-order valence-corrected chi connectivity index (χ2v) is 8.62. The number of nitrogens with one attached hydrogen (secondary N) is 1. The van der Waals surface area contributed by atoms with Crippen LogP contribution >= 0.6 is 11.3 Å². The van der Waals surface area contributed by atoms with Crippen LogP contribution in [0.1, 0.15) is 51.3 Å². The molecule has 0 bridgehead atoms. The van der Waals surface area contributed by atoms with E-state index < -0.39 is 10.0 Å². The zero-order valence-corrected chi connectivity index (χ0v) is 14.1. The molecule has 0 atom stereocenters. The van der Waals surface area contributed by atoms with E-state index in [-0.39, 0.29) is 16.9 Å². The van der Waals surface area contributed by atoms with Crippen molar-refractivity contribution in [3.05, 3.63) is 16.3 Å². The maximum absolute atomic E-state index is 12.2.